The molecule has 72 valence electrons. The first-order chi connectivity index (χ1) is 5.74. The van der Waals surface area contributed by atoms with E-state index in [1.54, 1.807) is 0 Å². The molecule has 1 fully saturated rings. The molecule has 1 aliphatic carbocycles. The number of hydrogen-bond donors (Lipinski definition) is 1. The van der Waals surface area contributed by atoms with Gasteiger partial charge in [0.1, 0.15) is 0 Å². The van der Waals surface area contributed by atoms with Crippen molar-refractivity contribution in [3.8, 4) is 0 Å². The summed E-state index contributed by atoms with van der Waals surface area (Å²) < 4.78 is 28.1. The largest absolute Gasteiger partial charge is 0.396 e. The van der Waals surface area contributed by atoms with Crippen molar-refractivity contribution in [2.24, 2.45) is 5.92 Å². The van der Waals surface area contributed by atoms with Crippen LogP contribution in [-0.2, 0) is 4.74 Å². The van der Waals surface area contributed by atoms with Gasteiger partial charge in [0.05, 0.1) is 6.10 Å². The standard InChI is InChI=1S/C8H14F2O2/c9-8(10)12-7-4-2-1-3-6(7)5-11/h6-8,11H,1-5H2. The first-order valence-electron chi connectivity index (χ1n) is 4.28. The number of rotatable bonds is 3. The summed E-state index contributed by atoms with van der Waals surface area (Å²) in [5, 5.41) is 8.85. The van der Waals surface area contributed by atoms with Crippen molar-refractivity contribution in [2.75, 3.05) is 6.61 Å². The Morgan fingerprint density at radius 2 is 2.00 bits per heavy atom. The van der Waals surface area contributed by atoms with Gasteiger partial charge in [0.2, 0.25) is 0 Å². The minimum absolute atomic E-state index is 0.0443. The lowest BCUT2D eigenvalue weighted by Gasteiger charge is -2.29. The molecule has 2 unspecified atom stereocenters. The predicted molar refractivity (Wildman–Crippen MR) is 39.9 cm³/mol. The Morgan fingerprint density at radius 1 is 1.33 bits per heavy atom. The zero-order chi connectivity index (χ0) is 8.97. The lowest BCUT2D eigenvalue weighted by molar-refractivity contribution is -0.186. The third-order valence-corrected chi connectivity index (χ3v) is 2.35. The second-order valence-electron chi connectivity index (χ2n) is 3.16. The predicted octanol–water partition coefficient (Wildman–Crippen LogP) is 1.78. The van der Waals surface area contributed by atoms with Crippen molar-refractivity contribution in [2.45, 2.75) is 38.4 Å². The average molecular weight is 180 g/mol. The van der Waals surface area contributed by atoms with Gasteiger partial charge < -0.3 is 9.84 Å². The fourth-order valence-electron chi connectivity index (χ4n) is 1.69. The topological polar surface area (TPSA) is 29.5 Å². The van der Waals surface area contributed by atoms with Crippen molar-refractivity contribution < 1.29 is 18.6 Å². The van der Waals surface area contributed by atoms with Crippen molar-refractivity contribution >= 4 is 0 Å². The van der Waals surface area contributed by atoms with E-state index in [2.05, 4.69) is 4.74 Å². The second-order valence-corrected chi connectivity index (χ2v) is 3.16. The molecule has 0 amide bonds. The normalized spacial score (nSPS) is 31.0. The van der Waals surface area contributed by atoms with Gasteiger partial charge in [-0.3, -0.25) is 0 Å². The van der Waals surface area contributed by atoms with Gasteiger partial charge in [0, 0.05) is 12.5 Å². The van der Waals surface area contributed by atoms with E-state index in [0.29, 0.717) is 6.42 Å². The van der Waals surface area contributed by atoms with Crippen molar-refractivity contribution in [1.29, 1.82) is 0 Å². The van der Waals surface area contributed by atoms with Crippen LogP contribution >= 0.6 is 0 Å². The SMILES string of the molecule is OCC1CCCCC1OC(F)F. The molecule has 0 saturated heterocycles. The van der Waals surface area contributed by atoms with Gasteiger partial charge in [0.25, 0.3) is 0 Å². The zero-order valence-corrected chi connectivity index (χ0v) is 6.88. The summed E-state index contributed by atoms with van der Waals surface area (Å²) in [7, 11) is 0. The van der Waals surface area contributed by atoms with Crippen molar-refractivity contribution in [3.05, 3.63) is 0 Å². The first-order valence-corrected chi connectivity index (χ1v) is 4.28. The molecule has 1 saturated carbocycles. The quantitative estimate of drug-likeness (QED) is 0.717. The summed E-state index contributed by atoms with van der Waals surface area (Å²) in [5.41, 5.74) is 0. The van der Waals surface area contributed by atoms with Gasteiger partial charge in [-0.05, 0) is 12.8 Å². The lowest BCUT2D eigenvalue weighted by atomic mass is 9.87. The smallest absolute Gasteiger partial charge is 0.345 e. The minimum atomic E-state index is -2.71. The van der Waals surface area contributed by atoms with Gasteiger partial charge in [-0.2, -0.15) is 8.78 Å². The molecule has 2 nitrogen and oxygen atoms in total. The zero-order valence-electron chi connectivity index (χ0n) is 6.88. The fraction of sp³-hybridized carbons (Fsp3) is 1.00. The Balaban J connectivity index is 2.36. The monoisotopic (exact) mass is 180 g/mol. The van der Waals surface area contributed by atoms with Crippen LogP contribution in [0.25, 0.3) is 0 Å². The second kappa shape index (κ2) is 4.72. The van der Waals surface area contributed by atoms with Crippen LogP contribution < -0.4 is 0 Å². The Morgan fingerprint density at radius 3 is 2.58 bits per heavy atom. The molecule has 0 aromatic heterocycles. The van der Waals surface area contributed by atoms with Gasteiger partial charge in [0.15, 0.2) is 0 Å². The summed E-state index contributed by atoms with van der Waals surface area (Å²) in [5.74, 6) is -0.0900. The molecule has 0 aromatic rings. The molecule has 12 heavy (non-hydrogen) atoms. The van der Waals surface area contributed by atoms with Crippen LogP contribution in [0.1, 0.15) is 25.7 Å². The summed E-state index contributed by atoms with van der Waals surface area (Å²) in [4.78, 5) is 0. The molecule has 0 bridgehead atoms. The molecule has 0 aromatic carbocycles. The fourth-order valence-corrected chi connectivity index (χ4v) is 1.69. The van der Waals surface area contributed by atoms with E-state index in [0.717, 1.165) is 19.3 Å². The van der Waals surface area contributed by atoms with Crippen molar-refractivity contribution in [1.82, 2.24) is 0 Å². The van der Waals surface area contributed by atoms with E-state index in [4.69, 9.17) is 5.11 Å². The number of halogens is 2. The van der Waals surface area contributed by atoms with Gasteiger partial charge >= 0.3 is 6.61 Å². The molecule has 0 heterocycles. The average Bonchev–Trinajstić information content (AvgIpc) is 2.04. The van der Waals surface area contributed by atoms with Crippen LogP contribution in [0.2, 0.25) is 0 Å². The molecule has 2 atom stereocenters. The molecule has 1 aliphatic rings. The van der Waals surface area contributed by atoms with E-state index in [1.165, 1.54) is 0 Å². The van der Waals surface area contributed by atoms with E-state index < -0.39 is 12.7 Å². The van der Waals surface area contributed by atoms with Gasteiger partial charge in [-0.15, -0.1) is 0 Å². The number of aliphatic hydroxyl groups excluding tert-OH is 1. The highest BCUT2D eigenvalue weighted by atomic mass is 19.3. The Bertz CT molecular complexity index is 130. The first kappa shape index (κ1) is 9.86. The molecule has 0 radical (unpaired) electrons. The minimum Gasteiger partial charge on any atom is -0.396 e. The number of aliphatic hydroxyl groups is 1. The van der Waals surface area contributed by atoms with Gasteiger partial charge in [-0.1, -0.05) is 12.8 Å². The number of alkyl halides is 2. The van der Waals surface area contributed by atoms with E-state index in [1.807, 2.05) is 0 Å². The van der Waals surface area contributed by atoms with Crippen LogP contribution in [-0.4, -0.2) is 24.4 Å². The third kappa shape index (κ3) is 2.68. The molecule has 1 N–H and O–H groups in total. The van der Waals surface area contributed by atoms with Crippen LogP contribution in [0.15, 0.2) is 0 Å². The third-order valence-electron chi connectivity index (χ3n) is 2.35. The van der Waals surface area contributed by atoms with Crippen LogP contribution in [0.4, 0.5) is 8.78 Å². The number of ether oxygens (including phenoxy) is 1. The van der Waals surface area contributed by atoms with E-state index in [-0.39, 0.29) is 12.5 Å². The summed E-state index contributed by atoms with van der Waals surface area (Å²) in [6.45, 7) is -2.75. The van der Waals surface area contributed by atoms with E-state index >= 15 is 0 Å². The summed E-state index contributed by atoms with van der Waals surface area (Å²) in [6.07, 6.45) is 2.94. The maximum atomic E-state index is 11.8. The maximum absolute atomic E-state index is 11.8. The van der Waals surface area contributed by atoms with Crippen LogP contribution in [0.3, 0.4) is 0 Å². The molecule has 0 spiro atoms. The molecular formula is C8H14F2O2. The summed E-state index contributed by atoms with van der Waals surface area (Å²) >= 11 is 0. The maximum Gasteiger partial charge on any atom is 0.345 e. The Kier molecular flexibility index (Phi) is 3.88. The molecule has 0 aliphatic heterocycles. The van der Waals surface area contributed by atoms with Gasteiger partial charge in [-0.25, -0.2) is 0 Å². The molecule has 4 heteroatoms. The number of hydrogen-bond acceptors (Lipinski definition) is 2. The Hall–Kier alpha value is -0.220. The highest BCUT2D eigenvalue weighted by Gasteiger charge is 2.27. The van der Waals surface area contributed by atoms with Crippen molar-refractivity contribution in [3.63, 3.8) is 0 Å². The van der Waals surface area contributed by atoms with Crippen LogP contribution in [0, 0.1) is 5.92 Å². The van der Waals surface area contributed by atoms with Crippen LogP contribution in [0.5, 0.6) is 0 Å². The lowest BCUT2D eigenvalue weighted by Crippen LogP contribution is -2.31. The Labute approximate surface area is 70.5 Å². The molecule has 1 rings (SSSR count). The highest BCUT2D eigenvalue weighted by molar-refractivity contribution is 4.75. The summed E-state index contributed by atoms with van der Waals surface area (Å²) in [6, 6.07) is 0. The highest BCUT2D eigenvalue weighted by Crippen LogP contribution is 2.27. The molecular weight excluding hydrogens is 166 g/mol. The van der Waals surface area contributed by atoms with E-state index in [9.17, 15) is 8.78 Å².